The average Bonchev–Trinajstić information content (AvgIpc) is 2.51. The van der Waals surface area contributed by atoms with E-state index in [9.17, 15) is 4.79 Å². The quantitative estimate of drug-likeness (QED) is 0.830. The van der Waals surface area contributed by atoms with Crippen LogP contribution < -0.4 is 20.3 Å². The van der Waals surface area contributed by atoms with Gasteiger partial charge in [0.15, 0.2) is 6.73 Å². The van der Waals surface area contributed by atoms with E-state index in [1.54, 1.807) is 0 Å². The number of rotatable bonds is 5. The van der Waals surface area contributed by atoms with Gasteiger partial charge in [0, 0.05) is 25.5 Å². The van der Waals surface area contributed by atoms with Gasteiger partial charge in [-0.1, -0.05) is 18.2 Å². The van der Waals surface area contributed by atoms with E-state index in [0.717, 1.165) is 28.3 Å². The first kappa shape index (κ1) is 16.7. The lowest BCUT2D eigenvalue weighted by Gasteiger charge is -2.15. The maximum atomic E-state index is 11.9. The Labute approximate surface area is 137 Å². The third-order valence-electron chi connectivity index (χ3n) is 3.64. The van der Waals surface area contributed by atoms with Gasteiger partial charge >= 0.3 is 6.03 Å². The summed E-state index contributed by atoms with van der Waals surface area (Å²) in [6.45, 7) is 4.14. The van der Waals surface area contributed by atoms with E-state index in [2.05, 4.69) is 10.6 Å². The Hall–Kier alpha value is -2.69. The maximum absolute atomic E-state index is 11.9. The number of nitrogens with zero attached hydrogens (tertiary/aromatic N) is 1. The van der Waals surface area contributed by atoms with Gasteiger partial charge in [0.25, 0.3) is 0 Å². The molecule has 0 aliphatic rings. The van der Waals surface area contributed by atoms with Crippen molar-refractivity contribution in [3.05, 3.63) is 53.6 Å². The Balaban J connectivity index is 1.86. The molecule has 0 radical (unpaired) electrons. The third kappa shape index (κ3) is 4.64. The van der Waals surface area contributed by atoms with Crippen molar-refractivity contribution in [1.82, 2.24) is 5.32 Å². The number of nitrogens with one attached hydrogen (secondary N) is 2. The molecule has 0 saturated heterocycles. The van der Waals surface area contributed by atoms with E-state index in [1.165, 1.54) is 0 Å². The summed E-state index contributed by atoms with van der Waals surface area (Å²) in [5.41, 5.74) is 4.00. The zero-order chi connectivity index (χ0) is 16.8. The fourth-order valence-corrected chi connectivity index (χ4v) is 2.10. The molecule has 0 spiro atoms. The van der Waals surface area contributed by atoms with Crippen molar-refractivity contribution >= 4 is 17.4 Å². The molecule has 0 aromatic heterocycles. The minimum absolute atomic E-state index is 0.115. The molecule has 23 heavy (non-hydrogen) atoms. The van der Waals surface area contributed by atoms with Crippen molar-refractivity contribution in [2.45, 2.75) is 13.8 Å². The third-order valence-corrected chi connectivity index (χ3v) is 3.64. The van der Waals surface area contributed by atoms with Crippen LogP contribution in [0.5, 0.6) is 5.75 Å². The van der Waals surface area contributed by atoms with E-state index in [-0.39, 0.29) is 12.8 Å². The van der Waals surface area contributed by atoms with Gasteiger partial charge in [0.1, 0.15) is 5.75 Å². The molecule has 0 fully saturated rings. The van der Waals surface area contributed by atoms with Crippen LogP contribution in [-0.2, 0) is 0 Å². The Bertz CT molecular complexity index is 684. The first-order valence-electron chi connectivity index (χ1n) is 7.48. The minimum atomic E-state index is -0.300. The second-order valence-corrected chi connectivity index (χ2v) is 5.56. The van der Waals surface area contributed by atoms with Crippen molar-refractivity contribution in [3.63, 3.8) is 0 Å². The molecular weight excluding hydrogens is 290 g/mol. The molecule has 122 valence electrons. The van der Waals surface area contributed by atoms with E-state index >= 15 is 0 Å². The van der Waals surface area contributed by atoms with Gasteiger partial charge in [-0.2, -0.15) is 0 Å². The lowest BCUT2D eigenvalue weighted by atomic mass is 10.1. The molecule has 0 aliphatic heterocycles. The predicted molar refractivity (Wildman–Crippen MR) is 94.3 cm³/mol. The summed E-state index contributed by atoms with van der Waals surface area (Å²) in [5.74, 6) is 0.778. The molecule has 2 N–H and O–H groups in total. The molecule has 2 rings (SSSR count). The van der Waals surface area contributed by atoms with Crippen LogP contribution in [0.1, 0.15) is 11.1 Å². The first-order chi connectivity index (χ1) is 11.0. The molecule has 0 bridgehead atoms. The summed E-state index contributed by atoms with van der Waals surface area (Å²) in [4.78, 5) is 13.9. The van der Waals surface area contributed by atoms with Crippen LogP contribution in [0.3, 0.4) is 0 Å². The van der Waals surface area contributed by atoms with Crippen LogP contribution in [0.15, 0.2) is 42.5 Å². The number of urea groups is 1. The number of benzene rings is 2. The zero-order valence-corrected chi connectivity index (χ0v) is 14.0. The lowest BCUT2D eigenvalue weighted by Crippen LogP contribution is -2.32. The van der Waals surface area contributed by atoms with Gasteiger partial charge in [-0.15, -0.1) is 0 Å². The van der Waals surface area contributed by atoms with Gasteiger partial charge in [0.05, 0.1) is 0 Å². The highest BCUT2D eigenvalue weighted by atomic mass is 16.5. The van der Waals surface area contributed by atoms with Gasteiger partial charge < -0.3 is 20.3 Å². The van der Waals surface area contributed by atoms with E-state index < -0.39 is 0 Å². The summed E-state index contributed by atoms with van der Waals surface area (Å²) in [5, 5.41) is 5.48. The van der Waals surface area contributed by atoms with Crippen LogP contribution in [-0.4, -0.2) is 26.9 Å². The average molecular weight is 313 g/mol. The van der Waals surface area contributed by atoms with Crippen LogP contribution in [0.2, 0.25) is 0 Å². The Morgan fingerprint density at radius 3 is 2.61 bits per heavy atom. The largest absolute Gasteiger partial charge is 0.473 e. The molecule has 0 atom stereocenters. The standard InChI is InChI=1S/C18H23N3O2/c1-13-7-5-10-17(14(13)2)23-12-19-18(22)20-15-8-6-9-16(11-15)21(3)4/h5-11H,12H2,1-4H3,(H2,19,20,22). The normalized spacial score (nSPS) is 10.1. The number of carbonyl (C=O) groups is 1. The molecule has 5 nitrogen and oxygen atoms in total. The van der Waals surface area contributed by atoms with Crippen LogP contribution >= 0.6 is 0 Å². The number of aryl methyl sites for hydroxylation is 1. The lowest BCUT2D eigenvalue weighted by molar-refractivity contribution is 0.234. The molecule has 0 aliphatic carbocycles. The van der Waals surface area contributed by atoms with Gasteiger partial charge in [-0.25, -0.2) is 4.79 Å². The molecule has 2 aromatic rings. The fraction of sp³-hybridized carbons (Fsp3) is 0.278. The summed E-state index contributed by atoms with van der Waals surface area (Å²) < 4.78 is 5.61. The van der Waals surface area contributed by atoms with Gasteiger partial charge in [-0.05, 0) is 49.2 Å². The van der Waals surface area contributed by atoms with E-state index in [1.807, 2.05) is 75.3 Å². The molecule has 5 heteroatoms. The monoisotopic (exact) mass is 313 g/mol. The van der Waals surface area contributed by atoms with Crippen LogP contribution in [0.25, 0.3) is 0 Å². The van der Waals surface area contributed by atoms with E-state index in [0.29, 0.717) is 0 Å². The molecule has 2 amide bonds. The van der Waals surface area contributed by atoms with Crippen LogP contribution in [0.4, 0.5) is 16.2 Å². The summed E-state index contributed by atoms with van der Waals surface area (Å²) in [6, 6.07) is 13.2. The molecule has 0 unspecified atom stereocenters. The number of hydrogen-bond donors (Lipinski definition) is 2. The zero-order valence-electron chi connectivity index (χ0n) is 14.0. The highest BCUT2D eigenvalue weighted by Gasteiger charge is 2.05. The van der Waals surface area contributed by atoms with Crippen molar-refractivity contribution < 1.29 is 9.53 Å². The highest BCUT2D eigenvalue weighted by molar-refractivity contribution is 5.89. The summed E-state index contributed by atoms with van der Waals surface area (Å²) >= 11 is 0. The number of hydrogen-bond acceptors (Lipinski definition) is 3. The Morgan fingerprint density at radius 1 is 1.13 bits per heavy atom. The molecule has 2 aromatic carbocycles. The van der Waals surface area contributed by atoms with E-state index in [4.69, 9.17) is 4.74 Å². The number of anilines is 2. The maximum Gasteiger partial charge on any atom is 0.321 e. The molecular formula is C18H23N3O2. The molecule has 0 heterocycles. The fourth-order valence-electron chi connectivity index (χ4n) is 2.10. The number of amides is 2. The second kappa shape index (κ2) is 7.54. The Morgan fingerprint density at radius 2 is 1.87 bits per heavy atom. The van der Waals surface area contributed by atoms with Crippen LogP contribution in [0, 0.1) is 13.8 Å². The second-order valence-electron chi connectivity index (χ2n) is 5.56. The van der Waals surface area contributed by atoms with Crippen molar-refractivity contribution in [3.8, 4) is 5.75 Å². The van der Waals surface area contributed by atoms with Gasteiger partial charge in [-0.3, -0.25) is 0 Å². The Kier molecular flexibility index (Phi) is 5.46. The highest BCUT2D eigenvalue weighted by Crippen LogP contribution is 2.20. The molecule has 0 saturated carbocycles. The SMILES string of the molecule is Cc1cccc(OCNC(=O)Nc2cccc(N(C)C)c2)c1C. The van der Waals surface area contributed by atoms with Gasteiger partial charge in [0.2, 0.25) is 0 Å². The topological polar surface area (TPSA) is 53.6 Å². The summed E-state index contributed by atoms with van der Waals surface area (Å²) in [6.07, 6.45) is 0. The number of carbonyl (C=O) groups excluding carboxylic acids is 1. The number of ether oxygens (including phenoxy) is 1. The predicted octanol–water partition coefficient (Wildman–Crippen LogP) is 3.53. The van der Waals surface area contributed by atoms with Crippen molar-refractivity contribution in [2.75, 3.05) is 31.0 Å². The summed E-state index contributed by atoms with van der Waals surface area (Å²) in [7, 11) is 3.91. The van der Waals surface area contributed by atoms with Crippen molar-refractivity contribution in [2.24, 2.45) is 0 Å². The first-order valence-corrected chi connectivity index (χ1v) is 7.48. The smallest absolute Gasteiger partial charge is 0.321 e. The van der Waals surface area contributed by atoms with Crippen molar-refractivity contribution in [1.29, 1.82) is 0 Å². The minimum Gasteiger partial charge on any atom is -0.473 e.